The van der Waals surface area contributed by atoms with Gasteiger partial charge in [0, 0.05) is 13.0 Å². The van der Waals surface area contributed by atoms with Gasteiger partial charge in [-0.1, -0.05) is 30.3 Å². The van der Waals surface area contributed by atoms with Crippen LogP contribution >= 0.6 is 0 Å². The lowest BCUT2D eigenvalue weighted by Crippen LogP contribution is -2.24. The molecule has 0 fully saturated rings. The molecule has 0 saturated heterocycles. The molecular weight excluding hydrogens is 355 g/mol. The van der Waals surface area contributed by atoms with E-state index in [1.807, 2.05) is 0 Å². The number of carbonyl (C=O) groups excluding carboxylic acids is 1. The average Bonchev–Trinajstić information content (AvgIpc) is 2.60. The van der Waals surface area contributed by atoms with Crippen molar-refractivity contribution in [1.29, 1.82) is 0 Å². The maximum atomic E-state index is 13.5. The molecule has 0 radical (unpaired) electrons. The quantitative estimate of drug-likeness (QED) is 0.657. The minimum atomic E-state index is -3.67. The van der Waals surface area contributed by atoms with Crippen LogP contribution in [0.3, 0.4) is 0 Å². The molecule has 0 aliphatic rings. The maximum absolute atomic E-state index is 13.5. The number of amides is 1. The molecule has 2 rings (SSSR count). The van der Waals surface area contributed by atoms with Gasteiger partial charge >= 0.3 is 0 Å². The van der Waals surface area contributed by atoms with E-state index in [4.69, 9.17) is 5.14 Å². The molecular formula is C19H23FN2O3S. The van der Waals surface area contributed by atoms with Crippen molar-refractivity contribution >= 4 is 15.9 Å². The van der Waals surface area contributed by atoms with E-state index < -0.39 is 10.0 Å². The van der Waals surface area contributed by atoms with Crippen LogP contribution < -0.4 is 10.5 Å². The van der Waals surface area contributed by atoms with E-state index >= 15 is 0 Å². The summed E-state index contributed by atoms with van der Waals surface area (Å²) in [4.78, 5) is 11.9. The summed E-state index contributed by atoms with van der Waals surface area (Å²) in [5, 5.41) is 7.89. The molecule has 0 spiro atoms. The number of aryl methyl sites for hydroxylation is 2. The number of rotatable bonds is 9. The number of hydrogen-bond donors (Lipinski definition) is 2. The maximum Gasteiger partial charge on any atom is 0.238 e. The zero-order valence-corrected chi connectivity index (χ0v) is 15.3. The molecule has 0 bridgehead atoms. The lowest BCUT2D eigenvalue weighted by atomic mass is 10.1. The van der Waals surface area contributed by atoms with Crippen LogP contribution in [-0.2, 0) is 27.7 Å². The fourth-order valence-electron chi connectivity index (χ4n) is 2.60. The highest BCUT2D eigenvalue weighted by Crippen LogP contribution is 2.11. The number of nitrogens with two attached hydrogens (primary N) is 1. The summed E-state index contributed by atoms with van der Waals surface area (Å²) in [6.07, 6.45) is 2.96. The third-order valence-corrected chi connectivity index (χ3v) is 4.95. The number of halogens is 1. The van der Waals surface area contributed by atoms with Crippen LogP contribution in [0.5, 0.6) is 0 Å². The molecule has 7 heteroatoms. The molecule has 1 amide bonds. The number of nitrogens with one attached hydrogen (secondary N) is 1. The number of carbonyl (C=O) groups is 1. The van der Waals surface area contributed by atoms with Gasteiger partial charge in [-0.25, -0.2) is 17.9 Å². The first-order valence-corrected chi connectivity index (χ1v) is 10.0. The predicted molar refractivity (Wildman–Crippen MR) is 98.5 cm³/mol. The monoisotopic (exact) mass is 378 g/mol. The Bertz CT molecular complexity index is 836. The normalized spacial score (nSPS) is 11.3. The van der Waals surface area contributed by atoms with Gasteiger partial charge in [-0.15, -0.1) is 0 Å². The molecule has 0 aliphatic carbocycles. The van der Waals surface area contributed by atoms with Gasteiger partial charge in [-0.3, -0.25) is 4.79 Å². The standard InChI is InChI=1S/C19H23FN2O3S/c20-18-8-2-1-6-16(18)7-3-9-19(23)22-14-4-5-15-10-12-17(13-11-15)26(21,24)25/h1-2,6,8,10-13H,3-5,7,9,14H2,(H,22,23)(H2,21,24,25). The first kappa shape index (κ1) is 20.1. The van der Waals surface area contributed by atoms with E-state index in [1.54, 1.807) is 30.3 Å². The smallest absolute Gasteiger partial charge is 0.238 e. The molecule has 3 N–H and O–H groups in total. The molecule has 5 nitrogen and oxygen atoms in total. The first-order valence-electron chi connectivity index (χ1n) is 8.48. The van der Waals surface area contributed by atoms with E-state index in [1.165, 1.54) is 18.2 Å². The number of benzene rings is 2. The van der Waals surface area contributed by atoms with Crippen LogP contribution in [0.1, 0.15) is 30.4 Å². The third kappa shape index (κ3) is 6.57. The van der Waals surface area contributed by atoms with Gasteiger partial charge < -0.3 is 5.32 Å². The zero-order chi connectivity index (χ0) is 19.0. The van der Waals surface area contributed by atoms with Gasteiger partial charge in [0.05, 0.1) is 4.90 Å². The van der Waals surface area contributed by atoms with E-state index in [-0.39, 0.29) is 16.6 Å². The highest BCUT2D eigenvalue weighted by atomic mass is 32.2. The largest absolute Gasteiger partial charge is 0.356 e. The molecule has 0 aromatic heterocycles. The van der Waals surface area contributed by atoms with E-state index in [2.05, 4.69) is 5.32 Å². The van der Waals surface area contributed by atoms with Crippen molar-refractivity contribution < 1.29 is 17.6 Å². The Hall–Kier alpha value is -2.25. The molecule has 0 unspecified atom stereocenters. The lowest BCUT2D eigenvalue weighted by molar-refractivity contribution is -0.121. The second-order valence-electron chi connectivity index (χ2n) is 6.09. The Morgan fingerprint density at radius 3 is 2.35 bits per heavy atom. The van der Waals surface area contributed by atoms with Gasteiger partial charge in [0.15, 0.2) is 0 Å². The first-order chi connectivity index (χ1) is 12.4. The molecule has 0 aliphatic heterocycles. The second-order valence-corrected chi connectivity index (χ2v) is 7.65. The molecule has 2 aromatic rings. The van der Waals surface area contributed by atoms with Crippen molar-refractivity contribution in [2.45, 2.75) is 37.0 Å². The van der Waals surface area contributed by atoms with Crippen molar-refractivity contribution in [2.75, 3.05) is 6.54 Å². The van der Waals surface area contributed by atoms with E-state index in [0.717, 1.165) is 18.4 Å². The Morgan fingerprint density at radius 2 is 1.69 bits per heavy atom. The lowest BCUT2D eigenvalue weighted by Gasteiger charge is -2.06. The summed E-state index contributed by atoms with van der Waals surface area (Å²) in [7, 11) is -3.67. The van der Waals surface area contributed by atoms with Gasteiger partial charge in [0.2, 0.25) is 15.9 Å². The summed E-state index contributed by atoms with van der Waals surface area (Å²) in [6.45, 7) is 0.537. The fourth-order valence-corrected chi connectivity index (χ4v) is 3.11. The fraction of sp³-hybridized carbons (Fsp3) is 0.316. The highest BCUT2D eigenvalue weighted by molar-refractivity contribution is 7.89. The van der Waals surface area contributed by atoms with Crippen molar-refractivity contribution in [3.63, 3.8) is 0 Å². The van der Waals surface area contributed by atoms with Crippen LogP contribution in [0.4, 0.5) is 4.39 Å². The Morgan fingerprint density at radius 1 is 1.00 bits per heavy atom. The Balaban J connectivity index is 1.63. The van der Waals surface area contributed by atoms with Crippen molar-refractivity contribution in [1.82, 2.24) is 5.32 Å². The zero-order valence-electron chi connectivity index (χ0n) is 14.4. The van der Waals surface area contributed by atoms with Gasteiger partial charge in [-0.05, 0) is 55.0 Å². The summed E-state index contributed by atoms with van der Waals surface area (Å²) in [5.41, 5.74) is 1.61. The second kappa shape index (κ2) is 9.45. The van der Waals surface area contributed by atoms with E-state index in [0.29, 0.717) is 31.4 Å². The minimum absolute atomic E-state index is 0.0501. The molecule has 2 aromatic carbocycles. The molecule has 0 saturated carbocycles. The van der Waals surface area contributed by atoms with Gasteiger partial charge in [-0.2, -0.15) is 0 Å². The topological polar surface area (TPSA) is 89.3 Å². The number of hydrogen-bond acceptors (Lipinski definition) is 3. The van der Waals surface area contributed by atoms with Crippen molar-refractivity contribution in [3.05, 3.63) is 65.5 Å². The predicted octanol–water partition coefficient (Wildman–Crippen LogP) is 2.54. The molecule has 0 atom stereocenters. The van der Waals surface area contributed by atoms with Crippen LogP contribution in [-0.4, -0.2) is 20.9 Å². The molecule has 0 heterocycles. The number of sulfonamides is 1. The molecule has 26 heavy (non-hydrogen) atoms. The average molecular weight is 378 g/mol. The SMILES string of the molecule is NS(=O)(=O)c1ccc(CCCNC(=O)CCCc2ccccc2F)cc1. The van der Waals surface area contributed by atoms with Crippen molar-refractivity contribution in [2.24, 2.45) is 5.14 Å². The summed E-state index contributed by atoms with van der Waals surface area (Å²) >= 11 is 0. The van der Waals surface area contributed by atoms with Crippen LogP contribution in [0.2, 0.25) is 0 Å². The molecule has 140 valence electrons. The third-order valence-electron chi connectivity index (χ3n) is 4.02. The van der Waals surface area contributed by atoms with E-state index in [9.17, 15) is 17.6 Å². The minimum Gasteiger partial charge on any atom is -0.356 e. The van der Waals surface area contributed by atoms with Crippen LogP contribution in [0.25, 0.3) is 0 Å². The van der Waals surface area contributed by atoms with Gasteiger partial charge in [0.25, 0.3) is 0 Å². The summed E-state index contributed by atoms with van der Waals surface area (Å²) in [5.74, 6) is -0.285. The van der Waals surface area contributed by atoms with Crippen LogP contribution in [0.15, 0.2) is 53.4 Å². The highest BCUT2D eigenvalue weighted by Gasteiger charge is 2.07. The van der Waals surface area contributed by atoms with Gasteiger partial charge in [0.1, 0.15) is 5.82 Å². The van der Waals surface area contributed by atoms with Crippen LogP contribution in [0, 0.1) is 5.82 Å². The Kier molecular flexibility index (Phi) is 7.29. The summed E-state index contributed by atoms with van der Waals surface area (Å²) in [6, 6.07) is 13.0. The Labute approximate surface area is 153 Å². The summed E-state index contributed by atoms with van der Waals surface area (Å²) < 4.78 is 35.8. The number of primary sulfonamides is 1. The van der Waals surface area contributed by atoms with Crippen molar-refractivity contribution in [3.8, 4) is 0 Å².